The van der Waals surface area contributed by atoms with E-state index in [-0.39, 0.29) is 0 Å². The van der Waals surface area contributed by atoms with Crippen molar-refractivity contribution in [1.29, 1.82) is 0 Å². The smallest absolute Gasteiger partial charge is 0.195 e. The molecule has 2 aromatic heterocycles. The minimum absolute atomic E-state index is 0.496. The Morgan fingerprint density at radius 3 is 3.12 bits per heavy atom. The van der Waals surface area contributed by atoms with Gasteiger partial charge in [-0.15, -0.1) is 10.2 Å². The number of hydrogen-bond acceptors (Lipinski definition) is 4. The van der Waals surface area contributed by atoms with Crippen LogP contribution < -0.4 is 5.32 Å². The first-order valence-electron chi connectivity index (χ1n) is 5.97. The van der Waals surface area contributed by atoms with E-state index in [0.29, 0.717) is 6.04 Å². The average molecular weight is 250 g/mol. The zero-order valence-corrected chi connectivity index (χ0v) is 11.1. The highest BCUT2D eigenvalue weighted by atomic mass is 32.2. The van der Waals surface area contributed by atoms with Gasteiger partial charge < -0.3 is 5.32 Å². The van der Waals surface area contributed by atoms with Crippen molar-refractivity contribution in [2.45, 2.75) is 31.5 Å². The van der Waals surface area contributed by atoms with E-state index < -0.39 is 0 Å². The fourth-order valence-corrected chi connectivity index (χ4v) is 2.48. The molecule has 2 aromatic rings. The van der Waals surface area contributed by atoms with Crippen molar-refractivity contribution < 1.29 is 0 Å². The van der Waals surface area contributed by atoms with E-state index >= 15 is 0 Å². The summed E-state index contributed by atoms with van der Waals surface area (Å²) in [5.74, 6) is 1.01. The van der Waals surface area contributed by atoms with Gasteiger partial charge in [-0.2, -0.15) is 0 Å². The molecule has 1 atom stereocenters. The first kappa shape index (κ1) is 12.4. The van der Waals surface area contributed by atoms with Crippen LogP contribution in [-0.4, -0.2) is 32.9 Å². The number of pyridine rings is 1. The van der Waals surface area contributed by atoms with Gasteiger partial charge in [0, 0.05) is 18.0 Å². The monoisotopic (exact) mass is 250 g/mol. The average Bonchev–Trinajstić information content (AvgIpc) is 2.77. The molecule has 0 saturated carbocycles. The highest BCUT2D eigenvalue weighted by molar-refractivity contribution is 7.99. The lowest BCUT2D eigenvalue weighted by Crippen LogP contribution is -2.28. The molecular weight excluding hydrogens is 232 g/mol. The van der Waals surface area contributed by atoms with Crippen LogP contribution in [0.4, 0.5) is 0 Å². The zero-order valence-electron chi connectivity index (χ0n) is 10.3. The van der Waals surface area contributed by atoms with E-state index in [1.807, 2.05) is 28.8 Å². The molecule has 1 N–H and O–H groups in total. The predicted octanol–water partition coefficient (Wildman–Crippen LogP) is 2.21. The summed E-state index contributed by atoms with van der Waals surface area (Å²) in [5, 5.41) is 12.8. The van der Waals surface area contributed by atoms with Gasteiger partial charge in [-0.3, -0.25) is 4.40 Å². The molecule has 0 saturated heterocycles. The molecule has 92 valence electrons. The standard InChI is InChI=1S/C12H18N4S/c1-3-7-13-10(2)9-17-12-15-14-11-6-4-5-8-16(11)12/h4-6,8,10,13H,3,7,9H2,1-2H3. The number of hydrogen-bond donors (Lipinski definition) is 1. The number of thioether (sulfide) groups is 1. The maximum atomic E-state index is 4.20. The summed E-state index contributed by atoms with van der Waals surface area (Å²) >= 11 is 1.74. The van der Waals surface area contributed by atoms with Crippen LogP contribution in [-0.2, 0) is 0 Å². The van der Waals surface area contributed by atoms with Crippen molar-refractivity contribution in [2.24, 2.45) is 0 Å². The Bertz CT molecular complexity index is 468. The van der Waals surface area contributed by atoms with Crippen molar-refractivity contribution in [1.82, 2.24) is 19.9 Å². The molecule has 0 fully saturated rings. The van der Waals surface area contributed by atoms with Crippen LogP contribution in [0.1, 0.15) is 20.3 Å². The van der Waals surface area contributed by atoms with E-state index in [0.717, 1.165) is 23.1 Å². The number of rotatable bonds is 6. The molecule has 0 spiro atoms. The molecular formula is C12H18N4S. The summed E-state index contributed by atoms with van der Waals surface area (Å²) in [5.41, 5.74) is 0.907. The highest BCUT2D eigenvalue weighted by Gasteiger charge is 2.07. The van der Waals surface area contributed by atoms with Crippen LogP contribution in [0, 0.1) is 0 Å². The van der Waals surface area contributed by atoms with E-state index in [1.54, 1.807) is 11.8 Å². The lowest BCUT2D eigenvalue weighted by atomic mass is 10.3. The van der Waals surface area contributed by atoms with Crippen molar-refractivity contribution in [2.75, 3.05) is 12.3 Å². The molecule has 1 unspecified atom stereocenters. The molecule has 0 aliphatic heterocycles. The SMILES string of the molecule is CCCNC(C)CSc1nnc2ccccn12. The van der Waals surface area contributed by atoms with Crippen LogP contribution in [0.15, 0.2) is 29.6 Å². The third-order valence-corrected chi connectivity index (χ3v) is 3.69. The van der Waals surface area contributed by atoms with Gasteiger partial charge in [0.1, 0.15) is 0 Å². The third-order valence-electron chi connectivity index (χ3n) is 2.49. The van der Waals surface area contributed by atoms with E-state index in [1.165, 1.54) is 6.42 Å². The number of aromatic nitrogens is 3. The van der Waals surface area contributed by atoms with Crippen LogP contribution in [0.25, 0.3) is 5.65 Å². The van der Waals surface area contributed by atoms with Crippen molar-refractivity contribution >= 4 is 17.4 Å². The third kappa shape index (κ3) is 3.20. The minimum Gasteiger partial charge on any atom is -0.313 e. The second-order valence-corrected chi connectivity index (χ2v) is 5.06. The second-order valence-electron chi connectivity index (χ2n) is 4.08. The summed E-state index contributed by atoms with van der Waals surface area (Å²) in [7, 11) is 0. The number of nitrogens with one attached hydrogen (secondary N) is 1. The van der Waals surface area contributed by atoms with Crippen LogP contribution in [0.5, 0.6) is 0 Å². The predicted molar refractivity (Wildman–Crippen MR) is 71.5 cm³/mol. The van der Waals surface area contributed by atoms with E-state index in [2.05, 4.69) is 29.4 Å². The largest absolute Gasteiger partial charge is 0.313 e. The molecule has 4 nitrogen and oxygen atoms in total. The summed E-state index contributed by atoms with van der Waals surface area (Å²) in [6, 6.07) is 6.44. The van der Waals surface area contributed by atoms with Gasteiger partial charge in [-0.05, 0) is 32.0 Å². The van der Waals surface area contributed by atoms with Gasteiger partial charge >= 0.3 is 0 Å². The zero-order chi connectivity index (χ0) is 12.1. The molecule has 5 heteroatoms. The molecule has 0 amide bonds. The van der Waals surface area contributed by atoms with Gasteiger partial charge in [0.2, 0.25) is 0 Å². The summed E-state index contributed by atoms with van der Waals surface area (Å²) in [4.78, 5) is 0. The van der Waals surface area contributed by atoms with Crippen LogP contribution in [0.3, 0.4) is 0 Å². The van der Waals surface area contributed by atoms with Crippen molar-refractivity contribution in [3.8, 4) is 0 Å². The molecule has 2 rings (SSSR count). The van der Waals surface area contributed by atoms with Gasteiger partial charge in [-0.1, -0.05) is 24.8 Å². The van der Waals surface area contributed by atoms with Gasteiger partial charge in [0.25, 0.3) is 0 Å². The second kappa shape index (κ2) is 6.02. The fourth-order valence-electron chi connectivity index (χ4n) is 1.57. The topological polar surface area (TPSA) is 42.2 Å². The first-order valence-corrected chi connectivity index (χ1v) is 6.95. The number of nitrogens with zero attached hydrogens (tertiary/aromatic N) is 3. The lowest BCUT2D eigenvalue weighted by Gasteiger charge is -2.11. The normalized spacial score (nSPS) is 13.1. The maximum absolute atomic E-state index is 4.20. The van der Waals surface area contributed by atoms with Gasteiger partial charge in [0.05, 0.1) is 0 Å². The molecule has 0 aliphatic carbocycles. The van der Waals surface area contributed by atoms with Crippen LogP contribution >= 0.6 is 11.8 Å². The Morgan fingerprint density at radius 1 is 1.41 bits per heavy atom. The lowest BCUT2D eigenvalue weighted by molar-refractivity contribution is 0.590. The Kier molecular flexibility index (Phi) is 4.39. The molecule has 0 radical (unpaired) electrons. The fraction of sp³-hybridized carbons (Fsp3) is 0.500. The number of fused-ring (bicyclic) bond motifs is 1. The van der Waals surface area contributed by atoms with Crippen LogP contribution in [0.2, 0.25) is 0 Å². The molecule has 2 heterocycles. The van der Waals surface area contributed by atoms with E-state index in [9.17, 15) is 0 Å². The Balaban J connectivity index is 1.95. The molecule has 0 aliphatic rings. The molecule has 0 aromatic carbocycles. The molecule has 0 bridgehead atoms. The highest BCUT2D eigenvalue weighted by Crippen LogP contribution is 2.17. The first-order chi connectivity index (χ1) is 8.31. The molecule has 17 heavy (non-hydrogen) atoms. The van der Waals surface area contributed by atoms with Gasteiger partial charge in [0.15, 0.2) is 10.8 Å². The van der Waals surface area contributed by atoms with Crippen molar-refractivity contribution in [3.05, 3.63) is 24.4 Å². The van der Waals surface area contributed by atoms with Crippen molar-refractivity contribution in [3.63, 3.8) is 0 Å². The van der Waals surface area contributed by atoms with E-state index in [4.69, 9.17) is 0 Å². The quantitative estimate of drug-likeness (QED) is 0.798. The minimum atomic E-state index is 0.496. The summed E-state index contributed by atoms with van der Waals surface area (Å²) < 4.78 is 2.03. The Morgan fingerprint density at radius 2 is 2.29 bits per heavy atom. The maximum Gasteiger partial charge on any atom is 0.195 e. The Hall–Kier alpha value is -1.07. The Labute approximate surface area is 106 Å². The summed E-state index contributed by atoms with van der Waals surface area (Å²) in [6.45, 7) is 5.45. The summed E-state index contributed by atoms with van der Waals surface area (Å²) in [6.07, 6.45) is 3.17. The van der Waals surface area contributed by atoms with Gasteiger partial charge in [-0.25, -0.2) is 0 Å².